The van der Waals surface area contributed by atoms with E-state index in [1.54, 1.807) is 12.2 Å². The lowest BCUT2D eigenvalue weighted by Gasteiger charge is -1.96. The highest BCUT2D eigenvalue weighted by Crippen LogP contribution is 2.16. The zero-order valence-corrected chi connectivity index (χ0v) is 9.76. The molecule has 0 aliphatic heterocycles. The minimum absolute atomic E-state index is 0.0239. The number of unbranched alkanes of at least 4 members (excludes halogenated alkanes) is 2. The van der Waals surface area contributed by atoms with Crippen molar-refractivity contribution in [1.29, 1.82) is 0 Å². The standard InChI is InChI=1S/C13H18O4/c14-9-11(15)6-4-2-1-3-5-10-7-12(16)8-13(10)17/h3,5,7,12,14,16H,1-2,4,6,8-9H2/b5-3-. The fourth-order valence-electron chi connectivity index (χ4n) is 1.69. The average molecular weight is 238 g/mol. The zero-order valence-electron chi connectivity index (χ0n) is 9.76. The molecular formula is C13H18O4. The Morgan fingerprint density at radius 2 is 2.24 bits per heavy atom. The lowest BCUT2D eigenvalue weighted by atomic mass is 10.1. The Bertz CT molecular complexity index is 341. The highest BCUT2D eigenvalue weighted by Gasteiger charge is 2.19. The van der Waals surface area contributed by atoms with Crippen molar-refractivity contribution in [3.05, 3.63) is 23.8 Å². The molecule has 0 aromatic carbocycles. The SMILES string of the molecule is O=C(CO)CCCC/C=C\C1=CC(O)CC1=O. The van der Waals surface area contributed by atoms with Gasteiger partial charge in [0.15, 0.2) is 11.6 Å². The van der Waals surface area contributed by atoms with Crippen molar-refractivity contribution in [2.24, 2.45) is 0 Å². The number of rotatable bonds is 7. The summed E-state index contributed by atoms with van der Waals surface area (Å²) in [6.07, 6.45) is 7.52. The van der Waals surface area contributed by atoms with Crippen molar-refractivity contribution in [2.45, 2.75) is 38.2 Å². The maximum Gasteiger partial charge on any atom is 0.165 e. The van der Waals surface area contributed by atoms with Crippen LogP contribution in [0.1, 0.15) is 32.1 Å². The Kier molecular flexibility index (Phi) is 5.80. The van der Waals surface area contributed by atoms with Gasteiger partial charge in [0.25, 0.3) is 0 Å². The van der Waals surface area contributed by atoms with Gasteiger partial charge in [-0.05, 0) is 25.3 Å². The normalized spacial score (nSPS) is 20.0. The number of carbonyl (C=O) groups excluding carboxylic acids is 2. The minimum atomic E-state index is -0.635. The molecule has 4 nitrogen and oxygen atoms in total. The Morgan fingerprint density at radius 1 is 1.47 bits per heavy atom. The van der Waals surface area contributed by atoms with Gasteiger partial charge in [-0.15, -0.1) is 0 Å². The summed E-state index contributed by atoms with van der Waals surface area (Å²) in [6, 6.07) is 0. The molecule has 0 aromatic rings. The summed E-state index contributed by atoms with van der Waals surface area (Å²) in [5.41, 5.74) is 0.573. The topological polar surface area (TPSA) is 74.6 Å². The van der Waals surface area contributed by atoms with Crippen LogP contribution in [0.15, 0.2) is 23.8 Å². The number of ketones is 2. The van der Waals surface area contributed by atoms with E-state index >= 15 is 0 Å². The van der Waals surface area contributed by atoms with Gasteiger partial charge in [0.1, 0.15) is 6.61 Å². The van der Waals surface area contributed by atoms with E-state index in [-0.39, 0.29) is 24.6 Å². The predicted octanol–water partition coefficient (Wildman–Crippen LogP) is 0.924. The summed E-state index contributed by atoms with van der Waals surface area (Å²) in [4.78, 5) is 22.1. The van der Waals surface area contributed by atoms with E-state index in [4.69, 9.17) is 5.11 Å². The van der Waals surface area contributed by atoms with Crippen molar-refractivity contribution < 1.29 is 19.8 Å². The van der Waals surface area contributed by atoms with Crippen LogP contribution in [-0.2, 0) is 9.59 Å². The van der Waals surface area contributed by atoms with E-state index in [1.165, 1.54) is 0 Å². The Hall–Kier alpha value is -1.26. The average Bonchev–Trinajstić information content (AvgIpc) is 2.62. The van der Waals surface area contributed by atoms with Crippen LogP contribution in [0.3, 0.4) is 0 Å². The monoisotopic (exact) mass is 238 g/mol. The van der Waals surface area contributed by atoms with Crippen LogP contribution in [0.25, 0.3) is 0 Å². The summed E-state index contributed by atoms with van der Waals surface area (Å²) in [6.45, 7) is -0.380. The Morgan fingerprint density at radius 3 is 2.82 bits per heavy atom. The molecule has 1 atom stereocenters. The molecule has 2 N–H and O–H groups in total. The Balaban J connectivity index is 2.16. The van der Waals surface area contributed by atoms with Crippen LogP contribution < -0.4 is 0 Å². The van der Waals surface area contributed by atoms with E-state index in [0.29, 0.717) is 12.0 Å². The molecule has 0 spiro atoms. The quantitative estimate of drug-likeness (QED) is 0.647. The van der Waals surface area contributed by atoms with E-state index < -0.39 is 6.10 Å². The molecule has 0 heterocycles. The lowest BCUT2D eigenvalue weighted by Crippen LogP contribution is -2.02. The summed E-state index contributed by atoms with van der Waals surface area (Å²) in [5, 5.41) is 17.7. The van der Waals surface area contributed by atoms with Crippen molar-refractivity contribution in [3.8, 4) is 0 Å². The van der Waals surface area contributed by atoms with Crippen molar-refractivity contribution in [1.82, 2.24) is 0 Å². The molecule has 0 saturated carbocycles. The number of hydrogen-bond donors (Lipinski definition) is 2. The molecule has 0 amide bonds. The maximum absolute atomic E-state index is 11.3. The minimum Gasteiger partial charge on any atom is -0.389 e. The summed E-state index contributed by atoms with van der Waals surface area (Å²) >= 11 is 0. The number of hydrogen-bond acceptors (Lipinski definition) is 4. The van der Waals surface area contributed by atoms with Gasteiger partial charge in [0.2, 0.25) is 0 Å². The van der Waals surface area contributed by atoms with Gasteiger partial charge in [0, 0.05) is 18.4 Å². The highest BCUT2D eigenvalue weighted by atomic mass is 16.3. The molecule has 0 saturated heterocycles. The molecule has 1 aliphatic rings. The fraction of sp³-hybridized carbons (Fsp3) is 0.538. The smallest absolute Gasteiger partial charge is 0.165 e. The summed E-state index contributed by atoms with van der Waals surface area (Å²) < 4.78 is 0. The van der Waals surface area contributed by atoms with Gasteiger partial charge >= 0.3 is 0 Å². The van der Waals surface area contributed by atoms with Gasteiger partial charge in [-0.2, -0.15) is 0 Å². The first-order chi connectivity index (χ1) is 8.13. The van der Waals surface area contributed by atoms with Crippen LogP contribution in [0.4, 0.5) is 0 Å². The van der Waals surface area contributed by atoms with Crippen LogP contribution in [-0.4, -0.2) is 34.5 Å². The zero-order chi connectivity index (χ0) is 12.7. The number of aliphatic hydroxyl groups excluding tert-OH is 2. The molecule has 1 rings (SSSR count). The van der Waals surface area contributed by atoms with E-state index in [2.05, 4.69) is 0 Å². The van der Waals surface area contributed by atoms with Crippen LogP contribution in [0, 0.1) is 0 Å². The third-order valence-electron chi connectivity index (χ3n) is 2.64. The van der Waals surface area contributed by atoms with Crippen molar-refractivity contribution >= 4 is 11.6 Å². The van der Waals surface area contributed by atoms with Crippen LogP contribution >= 0.6 is 0 Å². The number of aliphatic hydroxyl groups is 2. The second kappa shape index (κ2) is 7.14. The van der Waals surface area contributed by atoms with Gasteiger partial charge in [-0.25, -0.2) is 0 Å². The van der Waals surface area contributed by atoms with Crippen molar-refractivity contribution in [2.75, 3.05) is 6.61 Å². The third-order valence-corrected chi connectivity index (χ3v) is 2.64. The van der Waals surface area contributed by atoms with E-state index in [9.17, 15) is 14.7 Å². The molecule has 1 unspecified atom stereocenters. The lowest BCUT2D eigenvalue weighted by molar-refractivity contribution is -0.121. The van der Waals surface area contributed by atoms with Gasteiger partial charge < -0.3 is 10.2 Å². The number of Topliss-reactive ketones (excluding diaryl/α,β-unsaturated/α-hetero) is 2. The first-order valence-electron chi connectivity index (χ1n) is 5.85. The largest absolute Gasteiger partial charge is 0.389 e. The third kappa shape index (κ3) is 5.06. The molecule has 0 radical (unpaired) electrons. The molecule has 0 bridgehead atoms. The second-order valence-corrected chi connectivity index (χ2v) is 4.16. The molecular weight excluding hydrogens is 220 g/mol. The molecule has 4 heteroatoms. The summed E-state index contributed by atoms with van der Waals surface area (Å²) in [5.74, 6) is -0.157. The maximum atomic E-state index is 11.3. The Labute approximate surface area is 101 Å². The van der Waals surface area contributed by atoms with Gasteiger partial charge in [-0.1, -0.05) is 12.2 Å². The molecule has 0 fully saturated rings. The summed E-state index contributed by atoms with van der Waals surface area (Å²) in [7, 11) is 0. The number of allylic oxidation sites excluding steroid dienone is 3. The first kappa shape index (κ1) is 13.8. The molecule has 1 aliphatic carbocycles. The fourth-order valence-corrected chi connectivity index (χ4v) is 1.69. The van der Waals surface area contributed by atoms with Crippen molar-refractivity contribution in [3.63, 3.8) is 0 Å². The number of carbonyl (C=O) groups is 2. The molecule has 17 heavy (non-hydrogen) atoms. The predicted molar refractivity (Wildman–Crippen MR) is 63.4 cm³/mol. The van der Waals surface area contributed by atoms with Gasteiger partial charge in [-0.3, -0.25) is 9.59 Å². The van der Waals surface area contributed by atoms with Gasteiger partial charge in [0.05, 0.1) is 6.10 Å². The van der Waals surface area contributed by atoms with Crippen LogP contribution in [0.5, 0.6) is 0 Å². The molecule has 94 valence electrons. The second-order valence-electron chi connectivity index (χ2n) is 4.16. The van der Waals surface area contributed by atoms with Crippen LogP contribution in [0.2, 0.25) is 0 Å². The molecule has 0 aromatic heterocycles. The van der Waals surface area contributed by atoms with E-state index in [1.807, 2.05) is 6.08 Å². The van der Waals surface area contributed by atoms with E-state index in [0.717, 1.165) is 19.3 Å². The first-order valence-corrected chi connectivity index (χ1v) is 5.85. The highest BCUT2D eigenvalue weighted by molar-refractivity contribution is 6.00.